The van der Waals surface area contributed by atoms with E-state index in [1.807, 2.05) is 60.7 Å². The Morgan fingerprint density at radius 3 is 2.30 bits per heavy atom. The highest BCUT2D eigenvalue weighted by Gasteiger charge is 2.54. The number of benzene rings is 3. The first kappa shape index (κ1) is 31.4. The van der Waals surface area contributed by atoms with Crippen molar-refractivity contribution in [2.75, 3.05) is 17.7 Å². The van der Waals surface area contributed by atoms with Gasteiger partial charge in [0.1, 0.15) is 23.7 Å². The van der Waals surface area contributed by atoms with Gasteiger partial charge < -0.3 is 20.0 Å². The number of aromatic nitrogens is 2. The molecule has 0 aliphatic carbocycles. The summed E-state index contributed by atoms with van der Waals surface area (Å²) in [5.41, 5.74) is 2.99. The van der Waals surface area contributed by atoms with Crippen LogP contribution in [0.3, 0.4) is 0 Å². The van der Waals surface area contributed by atoms with Crippen LogP contribution in [-0.2, 0) is 30.3 Å². The maximum absolute atomic E-state index is 14.0. The molecule has 2 atom stereocenters. The molecule has 240 valence electrons. The van der Waals surface area contributed by atoms with Crippen LogP contribution in [0.5, 0.6) is 0 Å². The average Bonchev–Trinajstić information content (AvgIpc) is 3.43. The number of fused-ring (bicyclic) bond motifs is 1. The first-order valence-electron chi connectivity index (χ1n) is 14.6. The minimum Gasteiger partial charge on any atom is -0.461 e. The highest BCUT2D eigenvalue weighted by atomic mass is 32.2. The molecule has 2 N–H and O–H groups in total. The highest BCUT2D eigenvalue weighted by molar-refractivity contribution is 8.00. The third-order valence-corrected chi connectivity index (χ3v) is 9.08. The van der Waals surface area contributed by atoms with Gasteiger partial charge in [-0.2, -0.15) is 4.73 Å². The van der Waals surface area contributed by atoms with E-state index in [-0.39, 0.29) is 36.1 Å². The molecule has 14 heteroatoms. The first-order chi connectivity index (χ1) is 22.7. The van der Waals surface area contributed by atoms with Gasteiger partial charge in [0, 0.05) is 36.8 Å². The maximum Gasteiger partial charge on any atom is 0.356 e. The molecule has 1 amide bonds. The summed E-state index contributed by atoms with van der Waals surface area (Å²) in [4.78, 5) is 55.3. The van der Waals surface area contributed by atoms with Gasteiger partial charge in [-0.3, -0.25) is 24.6 Å². The number of carbonyl (C=O) groups excluding carboxylic acids is 3. The van der Waals surface area contributed by atoms with Crippen molar-refractivity contribution in [1.82, 2.24) is 14.6 Å². The van der Waals surface area contributed by atoms with Gasteiger partial charge in [-0.15, -0.1) is 11.8 Å². The number of thioether (sulfide) groups is 1. The smallest absolute Gasteiger partial charge is 0.356 e. The number of nitro groups is 1. The SMILES string of the molecule is CC(=O)OCC1=C(C(=O)OC(c2ccccc2)c2ccccc2)N2C(=O)C(Nc3ncc(Cc4ccc([N+](=O)[O-])cc4)n3O)[C@H]2SC1. The summed E-state index contributed by atoms with van der Waals surface area (Å²) in [5, 5.41) is 24.2. The molecule has 1 fully saturated rings. The lowest BCUT2D eigenvalue weighted by Crippen LogP contribution is -2.68. The third-order valence-electron chi connectivity index (χ3n) is 7.75. The second-order valence-corrected chi connectivity index (χ2v) is 12.0. The minimum absolute atomic E-state index is 0.0149. The van der Waals surface area contributed by atoms with Crippen LogP contribution >= 0.6 is 11.8 Å². The molecular weight excluding hydrogens is 626 g/mol. The number of rotatable bonds is 11. The van der Waals surface area contributed by atoms with Crippen LogP contribution in [0.15, 0.2) is 102 Å². The van der Waals surface area contributed by atoms with Crippen molar-refractivity contribution in [3.63, 3.8) is 0 Å². The zero-order chi connectivity index (χ0) is 33.1. The molecule has 0 bridgehead atoms. The predicted octanol–water partition coefficient (Wildman–Crippen LogP) is 4.47. The lowest BCUT2D eigenvalue weighted by molar-refractivity contribution is -0.384. The lowest BCUT2D eigenvalue weighted by Gasteiger charge is -2.49. The topological polar surface area (TPSA) is 166 Å². The number of nitrogens with one attached hydrogen (secondary N) is 1. The van der Waals surface area contributed by atoms with Gasteiger partial charge in [0.05, 0.1) is 16.8 Å². The molecule has 0 saturated carbocycles. The van der Waals surface area contributed by atoms with Gasteiger partial charge in [0.2, 0.25) is 5.95 Å². The summed E-state index contributed by atoms with van der Waals surface area (Å²) in [7, 11) is 0. The van der Waals surface area contributed by atoms with Gasteiger partial charge in [-0.05, 0) is 16.7 Å². The number of esters is 2. The Bertz CT molecular complexity index is 1810. The molecule has 13 nitrogen and oxygen atoms in total. The number of anilines is 1. The number of β-lactam (4-membered cyclic amide) rings is 1. The number of hydrogen-bond acceptors (Lipinski definition) is 11. The zero-order valence-electron chi connectivity index (χ0n) is 25.0. The van der Waals surface area contributed by atoms with Crippen molar-refractivity contribution in [1.29, 1.82) is 0 Å². The number of amides is 1. The number of hydrogen-bond donors (Lipinski definition) is 2. The Kier molecular flexibility index (Phi) is 8.93. The zero-order valence-corrected chi connectivity index (χ0v) is 25.8. The number of ether oxygens (including phenoxy) is 2. The lowest BCUT2D eigenvalue weighted by atomic mass is 10.0. The van der Waals surface area contributed by atoms with Crippen molar-refractivity contribution in [2.45, 2.75) is 30.9 Å². The summed E-state index contributed by atoms with van der Waals surface area (Å²) in [6.07, 6.45) is 0.905. The largest absolute Gasteiger partial charge is 0.461 e. The molecular formula is C33H29N5O8S. The summed E-state index contributed by atoms with van der Waals surface area (Å²) in [6, 6.07) is 23.6. The Morgan fingerprint density at radius 1 is 1.06 bits per heavy atom. The van der Waals surface area contributed by atoms with Crippen LogP contribution in [0.4, 0.5) is 11.6 Å². The van der Waals surface area contributed by atoms with E-state index in [4.69, 9.17) is 9.47 Å². The standard InChI is InChI=1S/C33H29N5O8S/c1-20(39)45-18-24-19-47-31-27(35-33-34-17-26(37(33)42)16-21-12-14-25(15-13-21)38(43)44)30(40)36(31)28(24)32(41)46-29(22-8-4-2-5-9-22)23-10-6-3-7-11-23/h2-15,17,27,29,31,42H,16,18-19H2,1H3,(H,34,35)/t27?,31-/m1/s1. The number of imidazole rings is 1. The Labute approximate surface area is 272 Å². The molecule has 2 aliphatic heterocycles. The van der Waals surface area contributed by atoms with E-state index in [2.05, 4.69) is 10.3 Å². The molecule has 3 aromatic carbocycles. The fourth-order valence-corrected chi connectivity index (χ4v) is 6.73. The normalized spacial score (nSPS) is 17.1. The van der Waals surface area contributed by atoms with Crippen molar-refractivity contribution in [2.24, 2.45) is 0 Å². The molecule has 4 aromatic rings. The molecule has 1 aromatic heterocycles. The van der Waals surface area contributed by atoms with Gasteiger partial charge >= 0.3 is 11.9 Å². The first-order valence-corrected chi connectivity index (χ1v) is 15.6. The quantitative estimate of drug-likeness (QED) is 0.0770. The van der Waals surface area contributed by atoms with E-state index < -0.39 is 40.3 Å². The summed E-state index contributed by atoms with van der Waals surface area (Å²) in [5.74, 6) is -1.42. The average molecular weight is 656 g/mol. The Morgan fingerprint density at radius 2 is 1.70 bits per heavy atom. The number of nitro benzene ring substituents is 1. The Balaban J connectivity index is 1.22. The van der Waals surface area contributed by atoms with Crippen LogP contribution in [0.25, 0.3) is 0 Å². The van der Waals surface area contributed by atoms with Crippen molar-refractivity contribution in [3.8, 4) is 0 Å². The fourth-order valence-electron chi connectivity index (χ4n) is 5.40. The van der Waals surface area contributed by atoms with E-state index in [0.29, 0.717) is 16.8 Å². The van der Waals surface area contributed by atoms with E-state index in [1.165, 1.54) is 41.9 Å². The number of nitrogens with zero attached hydrogens (tertiary/aromatic N) is 4. The van der Waals surface area contributed by atoms with Crippen LogP contribution in [0.2, 0.25) is 0 Å². The van der Waals surface area contributed by atoms with E-state index in [1.54, 1.807) is 12.1 Å². The monoisotopic (exact) mass is 655 g/mol. The number of carbonyl (C=O) groups is 3. The van der Waals surface area contributed by atoms with Crippen molar-refractivity contribution >= 4 is 41.2 Å². The molecule has 0 radical (unpaired) electrons. The molecule has 1 unspecified atom stereocenters. The van der Waals surface area contributed by atoms with Crippen LogP contribution in [-0.4, -0.2) is 66.4 Å². The number of non-ortho nitro benzene ring substituents is 1. The van der Waals surface area contributed by atoms with Crippen LogP contribution < -0.4 is 5.32 Å². The van der Waals surface area contributed by atoms with Gasteiger partial charge in [0.15, 0.2) is 6.10 Å². The van der Waals surface area contributed by atoms with E-state index >= 15 is 0 Å². The minimum atomic E-state index is -0.836. The van der Waals surface area contributed by atoms with Crippen LogP contribution in [0, 0.1) is 10.1 Å². The van der Waals surface area contributed by atoms with Gasteiger partial charge in [-0.25, -0.2) is 9.78 Å². The molecule has 0 spiro atoms. The van der Waals surface area contributed by atoms with Gasteiger partial charge in [0.25, 0.3) is 11.6 Å². The predicted molar refractivity (Wildman–Crippen MR) is 170 cm³/mol. The highest BCUT2D eigenvalue weighted by Crippen LogP contribution is 2.42. The molecule has 2 aliphatic rings. The fraction of sp³-hybridized carbons (Fsp3) is 0.212. The summed E-state index contributed by atoms with van der Waals surface area (Å²) >= 11 is 1.37. The molecule has 1 saturated heterocycles. The van der Waals surface area contributed by atoms with Crippen LogP contribution in [0.1, 0.15) is 35.4 Å². The van der Waals surface area contributed by atoms with E-state index in [9.17, 15) is 29.7 Å². The molecule has 47 heavy (non-hydrogen) atoms. The third kappa shape index (κ3) is 6.53. The summed E-state index contributed by atoms with van der Waals surface area (Å²) in [6.45, 7) is 1.08. The second kappa shape index (κ2) is 13.4. The second-order valence-electron chi connectivity index (χ2n) is 10.9. The van der Waals surface area contributed by atoms with E-state index in [0.717, 1.165) is 15.9 Å². The summed E-state index contributed by atoms with van der Waals surface area (Å²) < 4.78 is 12.2. The van der Waals surface area contributed by atoms with Gasteiger partial charge in [-0.1, -0.05) is 72.8 Å². The van der Waals surface area contributed by atoms with Crippen molar-refractivity contribution in [3.05, 3.63) is 135 Å². The van der Waals surface area contributed by atoms with Crippen molar-refractivity contribution < 1.29 is 34.0 Å². The maximum atomic E-state index is 14.0. The molecule has 6 rings (SSSR count). The molecule has 3 heterocycles. The Hall–Kier alpha value is -5.63.